The fraction of sp³-hybridized carbons (Fsp3) is 0.500. The van der Waals surface area contributed by atoms with Crippen LogP contribution in [0.15, 0.2) is 16.8 Å². The van der Waals surface area contributed by atoms with Gasteiger partial charge in [-0.1, -0.05) is 11.6 Å². The molecule has 1 N–H and O–H groups in total. The molecular formula is C10H14N2O3. The molecule has 0 atom stereocenters. The summed E-state index contributed by atoms with van der Waals surface area (Å²) in [5.74, 6) is -1.18. The molecule has 1 aliphatic heterocycles. The van der Waals surface area contributed by atoms with E-state index in [0.717, 1.165) is 5.57 Å². The van der Waals surface area contributed by atoms with Crippen molar-refractivity contribution in [2.24, 2.45) is 5.10 Å². The van der Waals surface area contributed by atoms with Gasteiger partial charge in [0.1, 0.15) is 5.71 Å². The number of allylic oxidation sites excluding steroid dienone is 1. The maximum absolute atomic E-state index is 11.4. The molecule has 82 valence electrons. The highest BCUT2D eigenvalue weighted by Gasteiger charge is 2.22. The second-order valence-electron chi connectivity index (χ2n) is 3.61. The Hall–Kier alpha value is -1.65. The third kappa shape index (κ3) is 3.19. The summed E-state index contributed by atoms with van der Waals surface area (Å²) in [4.78, 5) is 22.0. The fourth-order valence-corrected chi connectivity index (χ4v) is 1.17. The van der Waals surface area contributed by atoms with Gasteiger partial charge in [0.05, 0.1) is 6.54 Å². The zero-order valence-corrected chi connectivity index (χ0v) is 8.86. The molecule has 1 aliphatic rings. The number of carboxylic acid groups (broad SMARTS) is 1. The van der Waals surface area contributed by atoms with Crippen LogP contribution in [0.4, 0.5) is 0 Å². The van der Waals surface area contributed by atoms with Crippen LogP contribution in [-0.4, -0.2) is 34.2 Å². The molecule has 0 aliphatic carbocycles. The van der Waals surface area contributed by atoms with Gasteiger partial charge < -0.3 is 5.11 Å². The molecule has 5 heteroatoms. The first kappa shape index (κ1) is 11.4. The minimum absolute atomic E-state index is 0.0526. The lowest BCUT2D eigenvalue weighted by molar-refractivity contribution is -0.132. The monoisotopic (exact) mass is 210 g/mol. The van der Waals surface area contributed by atoms with Crippen LogP contribution < -0.4 is 0 Å². The van der Waals surface area contributed by atoms with Crippen molar-refractivity contribution < 1.29 is 14.7 Å². The summed E-state index contributed by atoms with van der Waals surface area (Å²) in [6.07, 6.45) is 2.29. The first-order valence-corrected chi connectivity index (χ1v) is 4.75. The van der Waals surface area contributed by atoms with Crippen molar-refractivity contribution in [3.05, 3.63) is 11.6 Å². The Bertz CT molecular complexity index is 341. The molecule has 1 rings (SSSR count). The van der Waals surface area contributed by atoms with Crippen molar-refractivity contribution in [2.45, 2.75) is 26.7 Å². The van der Waals surface area contributed by atoms with Crippen molar-refractivity contribution in [2.75, 3.05) is 6.54 Å². The van der Waals surface area contributed by atoms with Gasteiger partial charge in [0.15, 0.2) is 0 Å². The van der Waals surface area contributed by atoms with Gasteiger partial charge in [-0.3, -0.25) is 4.79 Å². The minimum Gasteiger partial charge on any atom is -0.477 e. The van der Waals surface area contributed by atoms with Gasteiger partial charge in [0, 0.05) is 12.8 Å². The van der Waals surface area contributed by atoms with Gasteiger partial charge in [0.25, 0.3) is 0 Å². The Labute approximate surface area is 88.1 Å². The molecule has 1 heterocycles. The molecule has 1 amide bonds. The topological polar surface area (TPSA) is 70.0 Å². The smallest absolute Gasteiger partial charge is 0.352 e. The molecule has 0 fully saturated rings. The van der Waals surface area contributed by atoms with Crippen LogP contribution in [0.25, 0.3) is 0 Å². The summed E-state index contributed by atoms with van der Waals surface area (Å²) >= 11 is 0. The highest BCUT2D eigenvalue weighted by atomic mass is 16.4. The third-order valence-electron chi connectivity index (χ3n) is 2.02. The number of amides is 1. The number of carbonyl (C=O) groups excluding carboxylic acids is 1. The molecule has 0 bridgehead atoms. The van der Waals surface area contributed by atoms with Gasteiger partial charge in [-0.2, -0.15) is 5.10 Å². The molecule has 0 unspecified atom stereocenters. The van der Waals surface area contributed by atoms with E-state index >= 15 is 0 Å². The predicted molar refractivity (Wildman–Crippen MR) is 55.4 cm³/mol. The van der Waals surface area contributed by atoms with Crippen LogP contribution in [0, 0.1) is 0 Å². The summed E-state index contributed by atoms with van der Waals surface area (Å²) < 4.78 is 0. The Kier molecular flexibility index (Phi) is 3.60. The van der Waals surface area contributed by atoms with Crippen molar-refractivity contribution in [3.8, 4) is 0 Å². The van der Waals surface area contributed by atoms with Crippen LogP contribution in [0.3, 0.4) is 0 Å². The molecule has 0 spiro atoms. The maximum Gasteiger partial charge on any atom is 0.352 e. The Morgan fingerprint density at radius 2 is 2.20 bits per heavy atom. The predicted octanol–water partition coefficient (Wildman–Crippen LogP) is 1.02. The number of nitrogens with zero attached hydrogens (tertiary/aromatic N) is 2. The largest absolute Gasteiger partial charge is 0.477 e. The average Bonchev–Trinajstić information content (AvgIpc) is 2.16. The lowest BCUT2D eigenvalue weighted by Gasteiger charge is -2.20. The normalized spacial score (nSPS) is 16.0. The highest BCUT2D eigenvalue weighted by Crippen LogP contribution is 2.09. The number of carbonyl (C=O) groups is 2. The Morgan fingerprint density at radius 3 is 2.73 bits per heavy atom. The molecule has 0 aromatic heterocycles. The number of hydrogen-bond donors (Lipinski definition) is 1. The number of rotatable bonds is 3. The third-order valence-corrected chi connectivity index (χ3v) is 2.02. The Balaban J connectivity index is 2.76. The SMILES string of the molecule is CC(C)=CCN1N=C(C(=O)O)CCC1=O. The van der Waals surface area contributed by atoms with E-state index in [0.29, 0.717) is 6.54 Å². The summed E-state index contributed by atoms with van der Waals surface area (Å²) in [6.45, 7) is 4.17. The van der Waals surface area contributed by atoms with E-state index in [2.05, 4.69) is 5.10 Å². The minimum atomic E-state index is -1.05. The number of aliphatic carboxylic acids is 1. The summed E-state index contributed by atoms with van der Waals surface area (Å²) in [6, 6.07) is 0. The highest BCUT2D eigenvalue weighted by molar-refractivity contribution is 6.36. The molecule has 5 nitrogen and oxygen atoms in total. The summed E-state index contributed by atoms with van der Waals surface area (Å²) in [5, 5.41) is 13.7. The lowest BCUT2D eigenvalue weighted by atomic mass is 10.1. The summed E-state index contributed by atoms with van der Waals surface area (Å²) in [5.41, 5.74) is 1.12. The second-order valence-corrected chi connectivity index (χ2v) is 3.61. The van der Waals surface area contributed by atoms with Crippen LogP contribution >= 0.6 is 0 Å². The zero-order valence-electron chi connectivity index (χ0n) is 8.86. The van der Waals surface area contributed by atoms with Crippen LogP contribution in [-0.2, 0) is 9.59 Å². The summed E-state index contributed by atoms with van der Waals surface area (Å²) in [7, 11) is 0. The van der Waals surface area contributed by atoms with E-state index < -0.39 is 5.97 Å². The van der Waals surface area contributed by atoms with Crippen molar-refractivity contribution in [3.63, 3.8) is 0 Å². The molecule has 0 aromatic rings. The standard InChI is InChI=1S/C10H14N2O3/c1-7(2)5-6-12-9(13)4-3-8(11-12)10(14)15/h5H,3-4,6H2,1-2H3,(H,14,15). The zero-order chi connectivity index (χ0) is 11.4. The first-order valence-electron chi connectivity index (χ1n) is 4.75. The van der Waals surface area contributed by atoms with E-state index in [4.69, 9.17) is 5.11 Å². The van der Waals surface area contributed by atoms with Crippen LogP contribution in [0.1, 0.15) is 26.7 Å². The quantitative estimate of drug-likeness (QED) is 0.707. The first-order chi connectivity index (χ1) is 7.00. The molecule has 0 saturated carbocycles. The van der Waals surface area contributed by atoms with Gasteiger partial charge in [0.2, 0.25) is 5.91 Å². The molecule has 15 heavy (non-hydrogen) atoms. The van der Waals surface area contributed by atoms with E-state index in [1.54, 1.807) is 0 Å². The maximum atomic E-state index is 11.4. The fourth-order valence-electron chi connectivity index (χ4n) is 1.17. The second kappa shape index (κ2) is 4.72. The molecule has 0 saturated heterocycles. The van der Waals surface area contributed by atoms with Gasteiger partial charge in [-0.05, 0) is 13.8 Å². The van der Waals surface area contributed by atoms with Crippen LogP contribution in [0.2, 0.25) is 0 Å². The van der Waals surface area contributed by atoms with E-state index in [1.807, 2.05) is 19.9 Å². The number of hydrogen-bond acceptors (Lipinski definition) is 3. The molecule has 0 aromatic carbocycles. The van der Waals surface area contributed by atoms with E-state index in [9.17, 15) is 9.59 Å². The van der Waals surface area contributed by atoms with Crippen LogP contribution in [0.5, 0.6) is 0 Å². The van der Waals surface area contributed by atoms with Gasteiger partial charge in [-0.15, -0.1) is 0 Å². The Morgan fingerprint density at radius 1 is 1.53 bits per heavy atom. The molecule has 0 radical (unpaired) electrons. The van der Waals surface area contributed by atoms with Gasteiger partial charge >= 0.3 is 5.97 Å². The van der Waals surface area contributed by atoms with Crippen molar-refractivity contribution in [1.29, 1.82) is 0 Å². The van der Waals surface area contributed by atoms with Crippen molar-refractivity contribution in [1.82, 2.24) is 5.01 Å². The van der Waals surface area contributed by atoms with E-state index in [-0.39, 0.29) is 24.5 Å². The lowest BCUT2D eigenvalue weighted by Crippen LogP contribution is -2.34. The van der Waals surface area contributed by atoms with Gasteiger partial charge in [-0.25, -0.2) is 9.80 Å². The molecular weight excluding hydrogens is 196 g/mol. The number of hydrazone groups is 1. The average molecular weight is 210 g/mol. The van der Waals surface area contributed by atoms with E-state index in [1.165, 1.54) is 5.01 Å². The van der Waals surface area contributed by atoms with Crippen molar-refractivity contribution >= 4 is 17.6 Å². The number of carboxylic acids is 1.